The van der Waals surface area contributed by atoms with E-state index in [1.807, 2.05) is 12.2 Å². The zero-order valence-corrected chi connectivity index (χ0v) is 8.74. The van der Waals surface area contributed by atoms with Gasteiger partial charge < -0.3 is 4.74 Å². The van der Waals surface area contributed by atoms with Gasteiger partial charge >= 0.3 is 0 Å². The number of allylic oxidation sites excluding steroid dienone is 1. The van der Waals surface area contributed by atoms with Gasteiger partial charge in [-0.3, -0.25) is 0 Å². The molecule has 78 valence electrons. The normalized spacial score (nSPS) is 21.2. The number of methoxy groups -OCH3 is 1. The third-order valence-corrected chi connectivity index (χ3v) is 2.09. The molecule has 5 heteroatoms. The van der Waals surface area contributed by atoms with Crippen molar-refractivity contribution in [3.8, 4) is 0 Å². The molecule has 0 aromatic heterocycles. The number of nitrogens with zero attached hydrogens (tertiary/aromatic N) is 2. The number of hydrazine groups is 1. The van der Waals surface area contributed by atoms with Gasteiger partial charge in [-0.2, -0.15) is 5.43 Å². The Labute approximate surface area is 83.9 Å². The van der Waals surface area contributed by atoms with E-state index in [1.54, 1.807) is 7.11 Å². The molecule has 0 saturated heterocycles. The van der Waals surface area contributed by atoms with Gasteiger partial charge in [0.05, 0.1) is 7.11 Å². The molecule has 0 fully saturated rings. The molecule has 0 amide bonds. The predicted molar refractivity (Wildman–Crippen MR) is 54.0 cm³/mol. The van der Waals surface area contributed by atoms with Crippen LogP contribution in [0.4, 0.5) is 0 Å². The van der Waals surface area contributed by atoms with Crippen LogP contribution in [0.15, 0.2) is 34.8 Å². The fourth-order valence-electron chi connectivity index (χ4n) is 1.01. The highest BCUT2D eigenvalue weighted by molar-refractivity contribution is 5.12. The Morgan fingerprint density at radius 2 is 2.29 bits per heavy atom. The number of nitrogens with one attached hydrogen (secondary N) is 2. The van der Waals surface area contributed by atoms with Crippen LogP contribution in [-0.2, 0) is 4.74 Å². The summed E-state index contributed by atoms with van der Waals surface area (Å²) in [6.07, 6.45) is 3.75. The number of rotatable bonds is 4. The van der Waals surface area contributed by atoms with Gasteiger partial charge in [0.25, 0.3) is 0 Å². The first-order chi connectivity index (χ1) is 6.56. The van der Waals surface area contributed by atoms with Gasteiger partial charge in [0, 0.05) is 5.41 Å². The maximum absolute atomic E-state index is 4.94. The Balaban J connectivity index is 2.60. The van der Waals surface area contributed by atoms with Gasteiger partial charge in [-0.25, -0.2) is 5.53 Å². The van der Waals surface area contributed by atoms with E-state index in [4.69, 9.17) is 4.74 Å². The quantitative estimate of drug-likeness (QED) is 0.529. The van der Waals surface area contributed by atoms with Crippen molar-refractivity contribution in [1.29, 1.82) is 0 Å². The molecule has 1 heterocycles. The summed E-state index contributed by atoms with van der Waals surface area (Å²) >= 11 is 0. The van der Waals surface area contributed by atoms with Crippen molar-refractivity contribution < 1.29 is 4.74 Å². The highest BCUT2D eigenvalue weighted by Crippen LogP contribution is 2.25. The largest absolute Gasteiger partial charge is 0.497 e. The molecule has 0 saturated carbocycles. The maximum Gasteiger partial charge on any atom is 0.149 e. The Bertz CT molecular complexity index is 270. The fraction of sp³-hybridized carbons (Fsp3) is 0.556. The van der Waals surface area contributed by atoms with Crippen molar-refractivity contribution in [3.63, 3.8) is 0 Å². The molecule has 0 spiro atoms. The fourth-order valence-corrected chi connectivity index (χ4v) is 1.01. The number of ether oxygens (including phenoxy) is 1. The molecule has 1 aliphatic heterocycles. The summed E-state index contributed by atoms with van der Waals surface area (Å²) < 4.78 is 4.94. The van der Waals surface area contributed by atoms with E-state index >= 15 is 0 Å². The third-order valence-electron chi connectivity index (χ3n) is 2.09. The monoisotopic (exact) mass is 196 g/mol. The van der Waals surface area contributed by atoms with E-state index < -0.39 is 0 Å². The van der Waals surface area contributed by atoms with Crippen LogP contribution in [-0.4, -0.2) is 13.3 Å². The molecule has 5 nitrogen and oxygen atoms in total. The van der Waals surface area contributed by atoms with Crippen molar-refractivity contribution in [3.05, 3.63) is 24.5 Å². The SMILES string of the molecule is C=C(C=CC(C)(C)C1N=NNN1)OC. The summed E-state index contributed by atoms with van der Waals surface area (Å²) in [4.78, 5) is 0. The summed E-state index contributed by atoms with van der Waals surface area (Å²) in [5, 5.41) is 7.65. The Hall–Kier alpha value is -1.36. The molecule has 0 aromatic rings. The molecular formula is C9H16N4O. The van der Waals surface area contributed by atoms with Crippen molar-refractivity contribution in [2.24, 2.45) is 15.8 Å². The Morgan fingerprint density at radius 3 is 2.79 bits per heavy atom. The Morgan fingerprint density at radius 1 is 1.57 bits per heavy atom. The van der Waals surface area contributed by atoms with Gasteiger partial charge in [-0.1, -0.05) is 31.7 Å². The first-order valence-corrected chi connectivity index (χ1v) is 4.39. The van der Waals surface area contributed by atoms with E-state index in [1.165, 1.54) is 0 Å². The molecule has 2 N–H and O–H groups in total. The van der Waals surface area contributed by atoms with Crippen LogP contribution in [0.1, 0.15) is 13.8 Å². The molecule has 0 aromatic carbocycles. The van der Waals surface area contributed by atoms with Crippen LogP contribution < -0.4 is 11.0 Å². The average Bonchev–Trinajstić information content (AvgIpc) is 2.67. The summed E-state index contributed by atoms with van der Waals surface area (Å²) in [7, 11) is 1.59. The van der Waals surface area contributed by atoms with Crippen molar-refractivity contribution in [1.82, 2.24) is 11.0 Å². The minimum absolute atomic E-state index is 0.0663. The van der Waals surface area contributed by atoms with Crippen molar-refractivity contribution in [2.75, 3.05) is 7.11 Å². The topological polar surface area (TPSA) is 58.0 Å². The first kappa shape index (κ1) is 10.7. The van der Waals surface area contributed by atoms with Crippen LogP contribution in [0.3, 0.4) is 0 Å². The van der Waals surface area contributed by atoms with Crippen LogP contribution in [0, 0.1) is 5.41 Å². The smallest absolute Gasteiger partial charge is 0.149 e. The minimum Gasteiger partial charge on any atom is -0.497 e. The summed E-state index contributed by atoms with van der Waals surface area (Å²) in [5.74, 6) is 0.626. The average molecular weight is 196 g/mol. The summed E-state index contributed by atoms with van der Waals surface area (Å²) in [5.41, 5.74) is 5.39. The first-order valence-electron chi connectivity index (χ1n) is 4.39. The second kappa shape index (κ2) is 4.23. The van der Waals surface area contributed by atoms with E-state index in [0.29, 0.717) is 5.76 Å². The highest BCUT2D eigenvalue weighted by atomic mass is 16.5. The third kappa shape index (κ3) is 2.56. The standard InChI is InChI=1S/C9H16N4O/c1-7(14-4)5-6-9(2,3)8-10-12-13-11-8/h5-6,8H,1H2,2-4H3,(H,10,13)(H,11,12). The van der Waals surface area contributed by atoms with Crippen LogP contribution >= 0.6 is 0 Å². The molecular weight excluding hydrogens is 180 g/mol. The van der Waals surface area contributed by atoms with E-state index in [-0.39, 0.29) is 11.6 Å². The van der Waals surface area contributed by atoms with Crippen molar-refractivity contribution >= 4 is 0 Å². The maximum atomic E-state index is 4.94. The van der Waals surface area contributed by atoms with E-state index in [2.05, 4.69) is 41.7 Å². The molecule has 1 rings (SSSR count). The molecule has 0 radical (unpaired) electrons. The second-order valence-corrected chi connectivity index (χ2v) is 3.70. The Kier molecular flexibility index (Phi) is 3.24. The molecule has 0 aliphatic carbocycles. The minimum atomic E-state index is -0.144. The number of hydrogen-bond donors (Lipinski definition) is 2. The van der Waals surface area contributed by atoms with Crippen molar-refractivity contribution in [2.45, 2.75) is 20.0 Å². The highest BCUT2D eigenvalue weighted by Gasteiger charge is 2.29. The lowest BCUT2D eigenvalue weighted by Gasteiger charge is -2.23. The van der Waals surface area contributed by atoms with Gasteiger partial charge in [0.2, 0.25) is 0 Å². The van der Waals surface area contributed by atoms with Gasteiger partial charge in [-0.15, -0.1) is 5.11 Å². The van der Waals surface area contributed by atoms with Crippen LogP contribution in [0.2, 0.25) is 0 Å². The molecule has 0 bridgehead atoms. The molecule has 1 aliphatic rings. The van der Waals surface area contributed by atoms with Crippen LogP contribution in [0.25, 0.3) is 0 Å². The summed E-state index contributed by atoms with van der Waals surface area (Å²) in [6, 6.07) is 0. The van der Waals surface area contributed by atoms with Gasteiger partial charge in [0.15, 0.2) is 0 Å². The second-order valence-electron chi connectivity index (χ2n) is 3.70. The van der Waals surface area contributed by atoms with E-state index in [9.17, 15) is 0 Å². The molecule has 1 unspecified atom stereocenters. The van der Waals surface area contributed by atoms with E-state index in [0.717, 1.165) is 0 Å². The lowest BCUT2D eigenvalue weighted by Crippen LogP contribution is -2.40. The zero-order chi connectivity index (χ0) is 10.6. The van der Waals surface area contributed by atoms with Gasteiger partial charge in [-0.05, 0) is 6.08 Å². The predicted octanol–water partition coefficient (Wildman–Crippen LogP) is 1.53. The lowest BCUT2D eigenvalue weighted by molar-refractivity contribution is 0.301. The lowest BCUT2D eigenvalue weighted by atomic mass is 9.89. The molecule has 1 atom stereocenters. The van der Waals surface area contributed by atoms with Gasteiger partial charge in [0.1, 0.15) is 11.9 Å². The molecule has 14 heavy (non-hydrogen) atoms. The summed E-state index contributed by atoms with van der Waals surface area (Å²) in [6.45, 7) is 7.81. The number of hydrogen-bond acceptors (Lipinski definition) is 5. The zero-order valence-electron chi connectivity index (χ0n) is 8.74. The van der Waals surface area contributed by atoms with Crippen LogP contribution in [0.5, 0.6) is 0 Å².